The van der Waals surface area contributed by atoms with Gasteiger partial charge in [-0.05, 0) is 51.0 Å². The number of carbonyl (C=O) groups is 2. The molecule has 168 valence electrons. The van der Waals surface area contributed by atoms with Crippen molar-refractivity contribution >= 4 is 29.2 Å². The van der Waals surface area contributed by atoms with Crippen LogP contribution < -0.4 is 10.6 Å². The number of aromatic nitrogens is 3. The summed E-state index contributed by atoms with van der Waals surface area (Å²) in [6, 6.07) is 13.9. The number of nitrogens with one attached hydrogen (secondary N) is 2. The Kier molecular flexibility index (Phi) is 7.61. The summed E-state index contributed by atoms with van der Waals surface area (Å²) in [5.41, 5.74) is 1.42. The highest BCUT2D eigenvalue weighted by Crippen LogP contribution is 2.24. The third-order valence-corrected chi connectivity index (χ3v) is 4.62. The number of anilines is 1. The van der Waals surface area contributed by atoms with E-state index in [0.717, 1.165) is 5.56 Å². The maximum absolute atomic E-state index is 12.7. The molecule has 0 aliphatic carbocycles. The standard InChI is InChI=1S/C23H26ClN5O3/c1-23(2,3)32-22(31)19(13-16-7-5-4-6-8-16)25-15-21(30)27-18-14-17(24)9-10-20(18)29-12-11-26-28-29/h4-12,14,19,25H,13,15H2,1-3H3,(H,27,30)/t19-/m0/s1. The summed E-state index contributed by atoms with van der Waals surface area (Å²) >= 11 is 6.11. The number of benzene rings is 2. The van der Waals surface area contributed by atoms with Gasteiger partial charge in [-0.25, -0.2) is 4.68 Å². The monoisotopic (exact) mass is 455 g/mol. The normalized spacial score (nSPS) is 12.2. The molecule has 0 spiro atoms. The van der Waals surface area contributed by atoms with Gasteiger partial charge >= 0.3 is 5.97 Å². The summed E-state index contributed by atoms with van der Waals surface area (Å²) in [6.45, 7) is 5.33. The molecule has 2 N–H and O–H groups in total. The second-order valence-electron chi connectivity index (χ2n) is 8.21. The molecule has 0 radical (unpaired) electrons. The van der Waals surface area contributed by atoms with Crippen LogP contribution in [0.25, 0.3) is 5.69 Å². The number of carbonyl (C=O) groups excluding carboxylic acids is 2. The van der Waals surface area contributed by atoms with E-state index in [1.807, 2.05) is 51.1 Å². The van der Waals surface area contributed by atoms with Crippen LogP contribution in [0.15, 0.2) is 60.9 Å². The highest BCUT2D eigenvalue weighted by molar-refractivity contribution is 6.31. The molecule has 1 amide bonds. The van der Waals surface area contributed by atoms with E-state index in [1.165, 1.54) is 10.9 Å². The molecule has 1 heterocycles. The average molecular weight is 456 g/mol. The van der Waals surface area contributed by atoms with Gasteiger partial charge in [-0.3, -0.25) is 14.9 Å². The van der Waals surface area contributed by atoms with Crippen molar-refractivity contribution in [1.29, 1.82) is 0 Å². The minimum atomic E-state index is -0.684. The number of esters is 1. The maximum atomic E-state index is 12.7. The Bertz CT molecular complexity index is 1050. The van der Waals surface area contributed by atoms with E-state index in [1.54, 1.807) is 24.4 Å². The van der Waals surface area contributed by atoms with E-state index in [9.17, 15) is 9.59 Å². The zero-order valence-corrected chi connectivity index (χ0v) is 19.0. The third kappa shape index (κ3) is 6.90. The van der Waals surface area contributed by atoms with Crippen LogP contribution in [0.5, 0.6) is 0 Å². The van der Waals surface area contributed by atoms with Crippen molar-refractivity contribution in [3.05, 3.63) is 71.5 Å². The number of rotatable bonds is 8. The van der Waals surface area contributed by atoms with Crippen molar-refractivity contribution in [2.75, 3.05) is 11.9 Å². The van der Waals surface area contributed by atoms with Crippen LogP contribution in [0.1, 0.15) is 26.3 Å². The van der Waals surface area contributed by atoms with E-state index in [0.29, 0.717) is 22.8 Å². The van der Waals surface area contributed by atoms with Crippen molar-refractivity contribution in [3.8, 4) is 5.69 Å². The summed E-state index contributed by atoms with van der Waals surface area (Å²) in [4.78, 5) is 25.4. The van der Waals surface area contributed by atoms with Gasteiger partial charge < -0.3 is 10.1 Å². The SMILES string of the molecule is CC(C)(C)OC(=O)[C@H](Cc1ccccc1)NCC(=O)Nc1cc(Cl)ccc1-n1ccnn1. The minimum Gasteiger partial charge on any atom is -0.459 e. The van der Waals surface area contributed by atoms with Crippen LogP contribution in [0.4, 0.5) is 5.69 Å². The summed E-state index contributed by atoms with van der Waals surface area (Å²) in [7, 11) is 0. The molecule has 0 fully saturated rings. The Hall–Kier alpha value is -3.23. The number of halogens is 1. The van der Waals surface area contributed by atoms with Gasteiger partial charge in [0.15, 0.2) is 0 Å². The fourth-order valence-electron chi connectivity index (χ4n) is 3.02. The van der Waals surface area contributed by atoms with Crippen molar-refractivity contribution < 1.29 is 14.3 Å². The number of ether oxygens (including phenoxy) is 1. The molecule has 0 aliphatic rings. The van der Waals surface area contributed by atoms with Gasteiger partial charge in [0.05, 0.1) is 30.3 Å². The molecule has 0 saturated carbocycles. The Morgan fingerprint density at radius 3 is 2.56 bits per heavy atom. The number of hydrogen-bond acceptors (Lipinski definition) is 6. The number of nitrogens with zero attached hydrogens (tertiary/aromatic N) is 3. The largest absolute Gasteiger partial charge is 0.459 e. The fourth-order valence-corrected chi connectivity index (χ4v) is 3.19. The van der Waals surface area contributed by atoms with E-state index in [-0.39, 0.29) is 12.5 Å². The predicted octanol–water partition coefficient (Wildman–Crippen LogP) is 3.40. The quantitative estimate of drug-likeness (QED) is 0.505. The third-order valence-electron chi connectivity index (χ3n) is 4.39. The number of amides is 1. The molecule has 9 heteroatoms. The van der Waals surface area contributed by atoms with Crippen LogP contribution in [-0.4, -0.2) is 45.1 Å². The zero-order chi connectivity index (χ0) is 23.1. The molecule has 3 rings (SSSR count). The van der Waals surface area contributed by atoms with E-state index >= 15 is 0 Å². The molecule has 0 bridgehead atoms. The lowest BCUT2D eigenvalue weighted by molar-refractivity contribution is -0.157. The van der Waals surface area contributed by atoms with Gasteiger partial charge in [0.2, 0.25) is 5.91 Å². The molecular weight excluding hydrogens is 430 g/mol. The highest BCUT2D eigenvalue weighted by atomic mass is 35.5. The van der Waals surface area contributed by atoms with Gasteiger partial charge in [0.25, 0.3) is 0 Å². The Balaban J connectivity index is 1.70. The van der Waals surface area contributed by atoms with E-state index in [2.05, 4.69) is 20.9 Å². The van der Waals surface area contributed by atoms with Gasteiger partial charge in [-0.15, -0.1) is 5.10 Å². The first-order valence-electron chi connectivity index (χ1n) is 10.2. The van der Waals surface area contributed by atoms with Crippen LogP contribution >= 0.6 is 11.6 Å². The van der Waals surface area contributed by atoms with Crippen LogP contribution in [0, 0.1) is 0 Å². The lowest BCUT2D eigenvalue weighted by Crippen LogP contribution is -2.45. The van der Waals surface area contributed by atoms with Crippen molar-refractivity contribution in [2.24, 2.45) is 0 Å². The molecule has 0 aliphatic heterocycles. The summed E-state index contributed by atoms with van der Waals surface area (Å²) in [5, 5.41) is 14.1. The molecule has 1 atom stereocenters. The number of hydrogen-bond donors (Lipinski definition) is 2. The van der Waals surface area contributed by atoms with E-state index < -0.39 is 17.6 Å². The molecule has 0 unspecified atom stereocenters. The zero-order valence-electron chi connectivity index (χ0n) is 18.2. The molecule has 0 saturated heterocycles. The minimum absolute atomic E-state index is 0.0972. The summed E-state index contributed by atoms with van der Waals surface area (Å²) < 4.78 is 7.06. The lowest BCUT2D eigenvalue weighted by Gasteiger charge is -2.24. The molecule has 32 heavy (non-hydrogen) atoms. The topological polar surface area (TPSA) is 98.1 Å². The first-order chi connectivity index (χ1) is 15.2. The van der Waals surface area contributed by atoms with Crippen LogP contribution in [-0.2, 0) is 20.7 Å². The van der Waals surface area contributed by atoms with Crippen LogP contribution in [0.2, 0.25) is 5.02 Å². The first-order valence-corrected chi connectivity index (χ1v) is 10.6. The van der Waals surface area contributed by atoms with Crippen LogP contribution in [0.3, 0.4) is 0 Å². The van der Waals surface area contributed by atoms with Gasteiger partial charge in [0.1, 0.15) is 11.6 Å². The molecule has 1 aromatic heterocycles. The van der Waals surface area contributed by atoms with Gasteiger partial charge in [-0.2, -0.15) is 0 Å². The van der Waals surface area contributed by atoms with Gasteiger partial charge in [-0.1, -0.05) is 47.1 Å². The second-order valence-corrected chi connectivity index (χ2v) is 8.65. The second kappa shape index (κ2) is 10.4. The molecule has 8 nitrogen and oxygen atoms in total. The molecule has 3 aromatic rings. The summed E-state index contributed by atoms with van der Waals surface area (Å²) in [5.74, 6) is -0.754. The van der Waals surface area contributed by atoms with E-state index in [4.69, 9.17) is 16.3 Å². The maximum Gasteiger partial charge on any atom is 0.324 e. The van der Waals surface area contributed by atoms with Crippen molar-refractivity contribution in [3.63, 3.8) is 0 Å². The highest BCUT2D eigenvalue weighted by Gasteiger charge is 2.26. The Morgan fingerprint density at radius 2 is 1.91 bits per heavy atom. The Labute approximate surface area is 191 Å². The smallest absolute Gasteiger partial charge is 0.324 e. The van der Waals surface area contributed by atoms with Crippen molar-refractivity contribution in [1.82, 2.24) is 20.3 Å². The lowest BCUT2D eigenvalue weighted by atomic mass is 10.1. The molecule has 2 aromatic carbocycles. The predicted molar refractivity (Wildman–Crippen MR) is 123 cm³/mol. The molecular formula is C23H26ClN5O3. The average Bonchev–Trinajstić information content (AvgIpc) is 3.25. The summed E-state index contributed by atoms with van der Waals surface area (Å²) in [6.07, 6.45) is 3.59. The first kappa shape index (κ1) is 23.4. The Morgan fingerprint density at radius 1 is 1.16 bits per heavy atom. The van der Waals surface area contributed by atoms with Gasteiger partial charge in [0, 0.05) is 5.02 Å². The fraction of sp³-hybridized carbons (Fsp3) is 0.304. The van der Waals surface area contributed by atoms with Crippen molar-refractivity contribution in [2.45, 2.75) is 38.8 Å².